The first-order valence-electron chi connectivity index (χ1n) is 11.3. The lowest BCUT2D eigenvalue weighted by Gasteiger charge is -2.19. The molecule has 38 heavy (non-hydrogen) atoms. The van der Waals surface area contributed by atoms with E-state index in [1.807, 2.05) is 29.6 Å². The minimum absolute atomic E-state index is 0.132. The molecule has 2 heterocycles. The number of esters is 1. The number of carbonyl (C=O) groups excluding carboxylic acids is 2. The molecule has 1 N–H and O–H groups in total. The number of nitro benzene ring substituents is 1. The summed E-state index contributed by atoms with van der Waals surface area (Å²) in [4.78, 5) is 43.1. The molecular weight excluding hydrogens is 570 g/mol. The van der Waals surface area contributed by atoms with E-state index in [-0.39, 0.29) is 11.3 Å². The zero-order valence-electron chi connectivity index (χ0n) is 19.5. The van der Waals surface area contributed by atoms with Crippen molar-refractivity contribution < 1.29 is 19.2 Å². The molecule has 5 rings (SSSR count). The third kappa shape index (κ3) is 5.31. The van der Waals surface area contributed by atoms with Crippen molar-refractivity contribution in [2.45, 2.75) is 6.10 Å². The Hall–Kier alpha value is -4.41. The second-order valence-electron chi connectivity index (χ2n) is 8.16. The van der Waals surface area contributed by atoms with Gasteiger partial charge in [-0.15, -0.1) is 11.3 Å². The number of fused-ring (bicyclic) bond motifs is 1. The summed E-state index contributed by atoms with van der Waals surface area (Å²) >= 11 is 4.76. The molecule has 1 unspecified atom stereocenters. The van der Waals surface area contributed by atoms with Gasteiger partial charge in [-0.3, -0.25) is 14.9 Å². The molecule has 0 aliphatic rings. The van der Waals surface area contributed by atoms with E-state index in [9.17, 15) is 19.7 Å². The van der Waals surface area contributed by atoms with Crippen molar-refractivity contribution in [1.82, 2.24) is 4.98 Å². The van der Waals surface area contributed by atoms with Gasteiger partial charge in [0.1, 0.15) is 0 Å². The number of anilines is 1. The number of nitrogens with one attached hydrogen (secondary N) is 1. The van der Waals surface area contributed by atoms with Crippen molar-refractivity contribution in [3.8, 4) is 10.6 Å². The number of non-ortho nitro benzene ring substituents is 1. The fourth-order valence-corrected chi connectivity index (χ4v) is 5.04. The largest absolute Gasteiger partial charge is 0.444 e. The van der Waals surface area contributed by atoms with Crippen LogP contribution in [0.2, 0.25) is 0 Å². The number of aromatic nitrogens is 1. The molecule has 0 bridgehead atoms. The van der Waals surface area contributed by atoms with E-state index in [1.165, 1.54) is 29.5 Å². The molecule has 8 nitrogen and oxygen atoms in total. The molecular formula is C28H18BrN3O5S. The van der Waals surface area contributed by atoms with E-state index in [2.05, 4.69) is 26.2 Å². The lowest BCUT2D eigenvalue weighted by molar-refractivity contribution is -0.384. The summed E-state index contributed by atoms with van der Waals surface area (Å²) in [5, 5.41) is 16.3. The van der Waals surface area contributed by atoms with Crippen LogP contribution in [0.5, 0.6) is 0 Å². The van der Waals surface area contributed by atoms with Gasteiger partial charge in [0.05, 0.1) is 32.3 Å². The van der Waals surface area contributed by atoms with Crippen molar-refractivity contribution in [2.75, 3.05) is 5.32 Å². The van der Waals surface area contributed by atoms with Gasteiger partial charge in [0.2, 0.25) is 6.10 Å². The van der Waals surface area contributed by atoms with Gasteiger partial charge < -0.3 is 10.1 Å². The summed E-state index contributed by atoms with van der Waals surface area (Å²) in [6.07, 6.45) is -1.29. The molecule has 5 aromatic rings. The lowest BCUT2D eigenvalue weighted by atomic mass is 10.1. The Labute approximate surface area is 229 Å². The number of ether oxygens (including phenoxy) is 1. The molecule has 2 aromatic heterocycles. The summed E-state index contributed by atoms with van der Waals surface area (Å²) in [5.41, 5.74) is 2.17. The van der Waals surface area contributed by atoms with Gasteiger partial charge in [-0.25, -0.2) is 9.78 Å². The van der Waals surface area contributed by atoms with Crippen LogP contribution in [0.15, 0.2) is 101 Å². The smallest absolute Gasteiger partial charge is 0.340 e. The van der Waals surface area contributed by atoms with Crippen LogP contribution in [-0.2, 0) is 9.53 Å². The molecule has 188 valence electrons. The van der Waals surface area contributed by atoms with Crippen molar-refractivity contribution in [3.05, 3.63) is 122 Å². The Bertz CT molecular complexity index is 1660. The maximum absolute atomic E-state index is 13.6. The minimum Gasteiger partial charge on any atom is -0.444 e. The van der Waals surface area contributed by atoms with Crippen LogP contribution in [0.4, 0.5) is 11.4 Å². The zero-order chi connectivity index (χ0) is 26.6. The number of thiophene rings is 1. The zero-order valence-corrected chi connectivity index (χ0v) is 21.9. The van der Waals surface area contributed by atoms with Gasteiger partial charge in [0, 0.05) is 27.6 Å². The molecule has 1 atom stereocenters. The molecule has 0 saturated heterocycles. The average molecular weight is 588 g/mol. The standard InChI is InChI=1S/C28H18BrN3O5S/c29-21-15-18(32(35)36)12-13-23(21)31-27(33)26(17-7-2-1-3-8-17)37-28(34)20-16-24(25-11-6-14-38-25)30-22-10-5-4-9-19(20)22/h1-16,26H,(H,31,33). The summed E-state index contributed by atoms with van der Waals surface area (Å²) in [5.74, 6) is -1.30. The number of halogens is 1. The molecule has 0 spiro atoms. The number of carbonyl (C=O) groups is 2. The Balaban J connectivity index is 1.50. The first-order chi connectivity index (χ1) is 18.4. The van der Waals surface area contributed by atoms with Gasteiger partial charge in [0.15, 0.2) is 0 Å². The third-order valence-corrected chi connectivity index (χ3v) is 7.24. The Morgan fingerprint density at radius 3 is 2.45 bits per heavy atom. The number of nitro groups is 1. The van der Waals surface area contributed by atoms with E-state index in [4.69, 9.17) is 4.74 Å². The number of amides is 1. The number of nitrogens with zero attached hydrogens (tertiary/aromatic N) is 2. The molecule has 0 saturated carbocycles. The number of hydrogen-bond donors (Lipinski definition) is 1. The number of para-hydroxylation sites is 1. The van der Waals surface area contributed by atoms with Crippen molar-refractivity contribution >= 4 is 61.4 Å². The van der Waals surface area contributed by atoms with Gasteiger partial charge in [-0.2, -0.15) is 0 Å². The number of benzene rings is 3. The highest BCUT2D eigenvalue weighted by atomic mass is 79.9. The van der Waals surface area contributed by atoms with Crippen molar-refractivity contribution in [2.24, 2.45) is 0 Å². The lowest BCUT2D eigenvalue weighted by Crippen LogP contribution is -2.26. The monoisotopic (exact) mass is 587 g/mol. The molecule has 1 amide bonds. The van der Waals surface area contributed by atoms with Crippen molar-refractivity contribution in [3.63, 3.8) is 0 Å². The fraction of sp³-hybridized carbons (Fsp3) is 0.0357. The third-order valence-electron chi connectivity index (χ3n) is 5.70. The Morgan fingerprint density at radius 2 is 1.74 bits per heavy atom. The molecule has 0 aliphatic heterocycles. The number of rotatable bonds is 7. The quantitative estimate of drug-likeness (QED) is 0.123. The maximum atomic E-state index is 13.6. The van der Waals surface area contributed by atoms with E-state index < -0.39 is 22.9 Å². The van der Waals surface area contributed by atoms with Gasteiger partial charge >= 0.3 is 5.97 Å². The SMILES string of the molecule is O=C(OC(C(=O)Nc1ccc([N+](=O)[O-])cc1Br)c1ccccc1)c1cc(-c2cccs2)nc2ccccc12. The van der Waals surface area contributed by atoms with E-state index in [0.717, 1.165) is 4.88 Å². The van der Waals surface area contributed by atoms with Crippen LogP contribution in [0.25, 0.3) is 21.5 Å². The van der Waals surface area contributed by atoms with E-state index in [1.54, 1.807) is 48.5 Å². The van der Waals surface area contributed by atoms with Gasteiger partial charge in [-0.1, -0.05) is 54.6 Å². The van der Waals surface area contributed by atoms with Gasteiger partial charge in [0.25, 0.3) is 11.6 Å². The number of hydrogen-bond acceptors (Lipinski definition) is 7. The predicted molar refractivity (Wildman–Crippen MR) is 149 cm³/mol. The fourth-order valence-electron chi connectivity index (χ4n) is 3.88. The highest BCUT2D eigenvalue weighted by Crippen LogP contribution is 2.31. The molecule has 10 heteroatoms. The maximum Gasteiger partial charge on any atom is 0.340 e. The molecule has 0 radical (unpaired) electrons. The van der Waals surface area contributed by atoms with E-state index in [0.29, 0.717) is 32.3 Å². The van der Waals surface area contributed by atoms with Crippen LogP contribution in [-0.4, -0.2) is 21.8 Å². The second-order valence-corrected chi connectivity index (χ2v) is 9.96. The van der Waals surface area contributed by atoms with Crippen molar-refractivity contribution in [1.29, 1.82) is 0 Å². The molecule has 0 fully saturated rings. The normalized spacial score (nSPS) is 11.6. The molecule has 3 aromatic carbocycles. The number of pyridine rings is 1. The highest BCUT2D eigenvalue weighted by Gasteiger charge is 2.28. The van der Waals surface area contributed by atoms with Crippen LogP contribution in [0.1, 0.15) is 22.0 Å². The Morgan fingerprint density at radius 1 is 0.974 bits per heavy atom. The van der Waals surface area contributed by atoms with Crippen LogP contribution in [0, 0.1) is 10.1 Å². The highest BCUT2D eigenvalue weighted by molar-refractivity contribution is 9.10. The first kappa shape index (κ1) is 25.2. The summed E-state index contributed by atoms with van der Waals surface area (Å²) in [6, 6.07) is 25.3. The van der Waals surface area contributed by atoms with Crippen LogP contribution >= 0.6 is 27.3 Å². The summed E-state index contributed by atoms with van der Waals surface area (Å²) in [7, 11) is 0. The van der Waals surface area contributed by atoms with Crippen LogP contribution in [0.3, 0.4) is 0 Å². The summed E-state index contributed by atoms with van der Waals surface area (Å²) in [6.45, 7) is 0. The van der Waals surface area contributed by atoms with Crippen LogP contribution < -0.4 is 5.32 Å². The predicted octanol–water partition coefficient (Wildman–Crippen LogP) is 7.17. The molecule has 0 aliphatic carbocycles. The van der Waals surface area contributed by atoms with E-state index >= 15 is 0 Å². The second kappa shape index (κ2) is 10.9. The van der Waals surface area contributed by atoms with Gasteiger partial charge in [-0.05, 0) is 45.6 Å². The first-order valence-corrected chi connectivity index (χ1v) is 13.0. The summed E-state index contributed by atoms with van der Waals surface area (Å²) < 4.78 is 6.16. The Kier molecular flexibility index (Phi) is 7.25. The minimum atomic E-state index is -1.29. The topological polar surface area (TPSA) is 111 Å². The average Bonchev–Trinajstić information content (AvgIpc) is 3.47.